The molecule has 1 amide bonds. The number of rotatable bonds is 4. The number of amides is 1. The van der Waals surface area contributed by atoms with Gasteiger partial charge in [0.25, 0.3) is 0 Å². The van der Waals surface area contributed by atoms with E-state index in [1.807, 2.05) is 31.2 Å². The summed E-state index contributed by atoms with van der Waals surface area (Å²) in [5.74, 6) is 0.620. The molecule has 1 aromatic carbocycles. The van der Waals surface area contributed by atoms with Crippen LogP contribution in [0.3, 0.4) is 0 Å². The maximum Gasteiger partial charge on any atom is 0.235 e. The largest absolute Gasteiger partial charge is 0.497 e. The molecule has 1 rings (SSSR count). The Labute approximate surface area is 94.4 Å². The first-order valence-electron chi connectivity index (χ1n) is 4.66. The molecule has 0 aliphatic rings. The molecular formula is C11H14ClNO2. The first-order chi connectivity index (χ1) is 7.17. The molecule has 15 heavy (non-hydrogen) atoms. The van der Waals surface area contributed by atoms with E-state index in [1.165, 1.54) is 0 Å². The smallest absolute Gasteiger partial charge is 0.235 e. The molecule has 82 valence electrons. The van der Waals surface area contributed by atoms with Crippen molar-refractivity contribution in [2.75, 3.05) is 13.0 Å². The minimum atomic E-state index is -0.167. The third kappa shape index (κ3) is 3.44. The lowest BCUT2D eigenvalue weighted by Gasteiger charge is -2.13. The fraction of sp³-hybridized carbons (Fsp3) is 0.364. The maximum absolute atomic E-state index is 11.1. The molecule has 0 unspecified atom stereocenters. The van der Waals surface area contributed by atoms with E-state index >= 15 is 0 Å². The van der Waals surface area contributed by atoms with Gasteiger partial charge in [-0.05, 0) is 24.6 Å². The van der Waals surface area contributed by atoms with Crippen molar-refractivity contribution in [3.8, 4) is 5.75 Å². The minimum absolute atomic E-state index is 0.0134. The molecular weight excluding hydrogens is 214 g/mol. The van der Waals surface area contributed by atoms with E-state index in [4.69, 9.17) is 16.3 Å². The third-order valence-electron chi connectivity index (χ3n) is 2.11. The van der Waals surface area contributed by atoms with Crippen molar-refractivity contribution in [3.63, 3.8) is 0 Å². The number of ether oxygens (including phenoxy) is 1. The second-order valence-electron chi connectivity index (χ2n) is 3.20. The lowest BCUT2D eigenvalue weighted by molar-refractivity contribution is -0.119. The van der Waals surface area contributed by atoms with E-state index in [2.05, 4.69) is 5.32 Å². The summed E-state index contributed by atoms with van der Waals surface area (Å²) in [6.07, 6.45) is 0. The predicted molar refractivity (Wildman–Crippen MR) is 60.3 cm³/mol. The van der Waals surface area contributed by atoms with Crippen LogP contribution in [-0.4, -0.2) is 18.9 Å². The van der Waals surface area contributed by atoms with Crippen molar-refractivity contribution >= 4 is 17.5 Å². The zero-order valence-electron chi connectivity index (χ0n) is 8.79. The monoisotopic (exact) mass is 227 g/mol. The summed E-state index contributed by atoms with van der Waals surface area (Å²) in [5, 5.41) is 2.77. The minimum Gasteiger partial charge on any atom is -0.497 e. The van der Waals surface area contributed by atoms with Gasteiger partial charge in [0, 0.05) is 0 Å². The van der Waals surface area contributed by atoms with Gasteiger partial charge >= 0.3 is 0 Å². The fourth-order valence-corrected chi connectivity index (χ4v) is 1.33. The van der Waals surface area contributed by atoms with Crippen molar-refractivity contribution in [1.82, 2.24) is 5.32 Å². The van der Waals surface area contributed by atoms with Crippen LogP contribution in [0.5, 0.6) is 5.75 Å². The van der Waals surface area contributed by atoms with Crippen LogP contribution in [0.15, 0.2) is 24.3 Å². The van der Waals surface area contributed by atoms with E-state index in [0.717, 1.165) is 11.3 Å². The van der Waals surface area contributed by atoms with Crippen LogP contribution in [-0.2, 0) is 4.79 Å². The lowest BCUT2D eigenvalue weighted by atomic mass is 10.1. The highest BCUT2D eigenvalue weighted by Crippen LogP contribution is 2.16. The average molecular weight is 228 g/mol. The van der Waals surface area contributed by atoms with Gasteiger partial charge in [-0.1, -0.05) is 12.1 Å². The maximum atomic E-state index is 11.1. The first-order valence-corrected chi connectivity index (χ1v) is 5.20. The molecule has 0 bridgehead atoms. The van der Waals surface area contributed by atoms with E-state index in [0.29, 0.717) is 0 Å². The summed E-state index contributed by atoms with van der Waals surface area (Å²) in [6.45, 7) is 1.91. The molecule has 0 aliphatic heterocycles. The van der Waals surface area contributed by atoms with E-state index < -0.39 is 0 Å². The highest BCUT2D eigenvalue weighted by atomic mass is 35.5. The summed E-state index contributed by atoms with van der Waals surface area (Å²) in [6, 6.07) is 7.51. The molecule has 0 aromatic heterocycles. The van der Waals surface area contributed by atoms with Gasteiger partial charge in [0.1, 0.15) is 11.6 Å². The normalized spacial score (nSPS) is 11.9. The van der Waals surface area contributed by atoms with Crippen molar-refractivity contribution in [2.45, 2.75) is 13.0 Å². The van der Waals surface area contributed by atoms with Crippen molar-refractivity contribution < 1.29 is 9.53 Å². The number of benzene rings is 1. The number of methoxy groups -OCH3 is 1. The summed E-state index contributed by atoms with van der Waals surface area (Å²) in [7, 11) is 1.62. The molecule has 4 heteroatoms. The van der Waals surface area contributed by atoms with Crippen LogP contribution in [0.4, 0.5) is 0 Å². The number of hydrogen-bond acceptors (Lipinski definition) is 2. The van der Waals surface area contributed by atoms with Gasteiger partial charge in [0.15, 0.2) is 0 Å². The van der Waals surface area contributed by atoms with Gasteiger partial charge in [-0.15, -0.1) is 11.6 Å². The van der Waals surface area contributed by atoms with Crippen LogP contribution in [0, 0.1) is 0 Å². The Morgan fingerprint density at radius 2 is 2.07 bits per heavy atom. The van der Waals surface area contributed by atoms with Gasteiger partial charge in [-0.3, -0.25) is 4.79 Å². The second-order valence-corrected chi connectivity index (χ2v) is 3.46. The van der Waals surface area contributed by atoms with E-state index in [-0.39, 0.29) is 17.8 Å². The SMILES string of the molecule is COc1ccc([C@@H](C)NC(=O)CCl)cc1. The van der Waals surface area contributed by atoms with Crippen LogP contribution >= 0.6 is 11.6 Å². The lowest BCUT2D eigenvalue weighted by Crippen LogP contribution is -2.27. The van der Waals surface area contributed by atoms with Gasteiger partial charge < -0.3 is 10.1 Å². The Balaban J connectivity index is 2.65. The summed E-state index contributed by atoms with van der Waals surface area (Å²) in [5.41, 5.74) is 1.02. The number of halogens is 1. The number of alkyl halides is 1. The molecule has 0 heterocycles. The third-order valence-corrected chi connectivity index (χ3v) is 2.36. The number of carbonyl (C=O) groups excluding carboxylic acids is 1. The zero-order chi connectivity index (χ0) is 11.3. The summed E-state index contributed by atoms with van der Waals surface area (Å²) >= 11 is 5.40. The van der Waals surface area contributed by atoms with Crippen LogP contribution < -0.4 is 10.1 Å². The van der Waals surface area contributed by atoms with Gasteiger partial charge in [0.05, 0.1) is 13.2 Å². The Kier molecular flexibility index (Phi) is 4.43. The fourth-order valence-electron chi connectivity index (χ4n) is 1.26. The molecule has 0 fully saturated rings. The standard InChI is InChI=1S/C11H14ClNO2/c1-8(13-11(14)7-12)9-3-5-10(15-2)6-4-9/h3-6,8H,7H2,1-2H3,(H,13,14)/t8-/m1/s1. The van der Waals surface area contributed by atoms with Gasteiger partial charge in [-0.2, -0.15) is 0 Å². The summed E-state index contributed by atoms with van der Waals surface area (Å²) in [4.78, 5) is 11.1. The number of carbonyl (C=O) groups is 1. The topological polar surface area (TPSA) is 38.3 Å². The van der Waals surface area contributed by atoms with E-state index in [1.54, 1.807) is 7.11 Å². The predicted octanol–water partition coefficient (Wildman–Crippen LogP) is 2.11. The average Bonchev–Trinajstić information content (AvgIpc) is 2.29. The first kappa shape index (κ1) is 11.9. The quantitative estimate of drug-likeness (QED) is 0.801. The molecule has 0 saturated heterocycles. The van der Waals surface area contributed by atoms with Crippen LogP contribution in [0.1, 0.15) is 18.5 Å². The Morgan fingerprint density at radius 3 is 2.53 bits per heavy atom. The zero-order valence-corrected chi connectivity index (χ0v) is 9.54. The van der Waals surface area contributed by atoms with Crippen molar-refractivity contribution in [1.29, 1.82) is 0 Å². The van der Waals surface area contributed by atoms with Gasteiger partial charge in [0.2, 0.25) is 5.91 Å². The molecule has 3 nitrogen and oxygen atoms in total. The molecule has 0 aliphatic carbocycles. The molecule has 1 atom stereocenters. The Morgan fingerprint density at radius 1 is 1.47 bits per heavy atom. The molecule has 0 radical (unpaired) electrons. The second kappa shape index (κ2) is 5.61. The Bertz CT molecular complexity index is 324. The van der Waals surface area contributed by atoms with E-state index in [9.17, 15) is 4.79 Å². The molecule has 0 saturated carbocycles. The Hall–Kier alpha value is -1.22. The molecule has 1 aromatic rings. The van der Waals surface area contributed by atoms with Crippen LogP contribution in [0.2, 0.25) is 0 Å². The van der Waals surface area contributed by atoms with Crippen LogP contribution in [0.25, 0.3) is 0 Å². The van der Waals surface area contributed by atoms with Gasteiger partial charge in [-0.25, -0.2) is 0 Å². The van der Waals surface area contributed by atoms with Crippen molar-refractivity contribution in [2.24, 2.45) is 0 Å². The molecule has 1 N–H and O–H groups in total. The highest BCUT2D eigenvalue weighted by Gasteiger charge is 2.08. The highest BCUT2D eigenvalue weighted by molar-refractivity contribution is 6.27. The number of nitrogens with one attached hydrogen (secondary N) is 1. The number of hydrogen-bond donors (Lipinski definition) is 1. The molecule has 0 spiro atoms. The summed E-state index contributed by atoms with van der Waals surface area (Å²) < 4.78 is 5.04. The van der Waals surface area contributed by atoms with Crippen molar-refractivity contribution in [3.05, 3.63) is 29.8 Å².